The molecule has 0 aromatic heterocycles. The van der Waals surface area contributed by atoms with E-state index in [1.165, 1.54) is 0 Å². The number of amides is 3. The Kier molecular flexibility index (Phi) is 9.66. The van der Waals surface area contributed by atoms with Gasteiger partial charge in [0.25, 0.3) is 5.91 Å². The molecule has 1 fully saturated rings. The van der Waals surface area contributed by atoms with Crippen LogP contribution in [0.25, 0.3) is 0 Å². The van der Waals surface area contributed by atoms with Gasteiger partial charge in [-0.05, 0) is 76.2 Å². The summed E-state index contributed by atoms with van der Waals surface area (Å²) in [6.07, 6.45) is 2.06. The Bertz CT molecular complexity index is 996. The number of carbonyl (C=O) groups is 3. The molecule has 0 saturated carbocycles. The smallest absolute Gasteiger partial charge is 0.255 e. The standard InChI is InChI=1S/C27H36N4O4/c1-4-31(5-2)27(34)21-14-17-30(18-15-21)19-16-25(32)28-22-12-10-20(11-13-22)26(33)29-23-8-6-7-9-24(23)35-3/h6-13,21H,4-5,14-19H2,1-3H3,(H,28,32)(H,29,33). The molecule has 1 aliphatic heterocycles. The van der Waals surface area contributed by atoms with Crippen LogP contribution >= 0.6 is 0 Å². The van der Waals surface area contributed by atoms with Crippen LogP contribution in [0.15, 0.2) is 48.5 Å². The molecule has 0 atom stereocenters. The molecule has 1 aliphatic rings. The normalized spacial score (nSPS) is 14.3. The van der Waals surface area contributed by atoms with Crippen molar-refractivity contribution in [3.63, 3.8) is 0 Å². The number of piperidine rings is 1. The predicted octanol–water partition coefficient (Wildman–Crippen LogP) is 3.86. The zero-order valence-corrected chi connectivity index (χ0v) is 20.9. The minimum Gasteiger partial charge on any atom is -0.495 e. The summed E-state index contributed by atoms with van der Waals surface area (Å²) in [6, 6.07) is 14.0. The van der Waals surface area contributed by atoms with E-state index in [-0.39, 0.29) is 23.6 Å². The first-order valence-electron chi connectivity index (χ1n) is 12.3. The summed E-state index contributed by atoms with van der Waals surface area (Å²) < 4.78 is 5.26. The molecule has 8 heteroatoms. The van der Waals surface area contributed by atoms with Crippen LogP contribution < -0.4 is 15.4 Å². The molecule has 0 aliphatic carbocycles. The molecule has 35 heavy (non-hydrogen) atoms. The number of carbonyl (C=O) groups excluding carboxylic acids is 3. The zero-order chi connectivity index (χ0) is 25.2. The lowest BCUT2D eigenvalue weighted by molar-refractivity contribution is -0.136. The van der Waals surface area contributed by atoms with Crippen LogP contribution in [0.4, 0.5) is 11.4 Å². The molecule has 1 saturated heterocycles. The van der Waals surface area contributed by atoms with Gasteiger partial charge in [-0.25, -0.2) is 0 Å². The summed E-state index contributed by atoms with van der Waals surface area (Å²) in [7, 11) is 1.55. The topological polar surface area (TPSA) is 91.0 Å². The molecule has 2 N–H and O–H groups in total. The first kappa shape index (κ1) is 26.2. The molecular weight excluding hydrogens is 444 g/mol. The van der Waals surface area contributed by atoms with Crippen LogP contribution in [0.3, 0.4) is 0 Å². The number of para-hydroxylation sites is 2. The highest BCUT2D eigenvalue weighted by molar-refractivity contribution is 6.05. The fourth-order valence-corrected chi connectivity index (χ4v) is 4.33. The maximum absolute atomic E-state index is 12.5. The van der Waals surface area contributed by atoms with Gasteiger partial charge in [0.05, 0.1) is 12.8 Å². The van der Waals surface area contributed by atoms with E-state index >= 15 is 0 Å². The van der Waals surface area contributed by atoms with Crippen molar-refractivity contribution in [2.45, 2.75) is 33.1 Å². The Labute approximate surface area is 207 Å². The van der Waals surface area contributed by atoms with E-state index < -0.39 is 0 Å². The van der Waals surface area contributed by atoms with E-state index in [1.807, 2.05) is 30.9 Å². The molecule has 2 aromatic carbocycles. The summed E-state index contributed by atoms with van der Waals surface area (Å²) >= 11 is 0. The summed E-state index contributed by atoms with van der Waals surface area (Å²) in [6.45, 7) is 7.87. The average Bonchev–Trinajstić information content (AvgIpc) is 2.89. The third-order valence-electron chi connectivity index (χ3n) is 6.45. The number of benzene rings is 2. The Morgan fingerprint density at radius 2 is 1.63 bits per heavy atom. The number of methoxy groups -OCH3 is 1. The second kappa shape index (κ2) is 12.9. The number of rotatable bonds is 10. The predicted molar refractivity (Wildman–Crippen MR) is 138 cm³/mol. The lowest BCUT2D eigenvalue weighted by Crippen LogP contribution is -2.43. The summed E-state index contributed by atoms with van der Waals surface area (Å²) in [5.41, 5.74) is 1.72. The lowest BCUT2D eigenvalue weighted by Gasteiger charge is -2.33. The highest BCUT2D eigenvalue weighted by Crippen LogP contribution is 2.24. The quantitative estimate of drug-likeness (QED) is 0.539. The van der Waals surface area contributed by atoms with Crippen molar-refractivity contribution in [3.8, 4) is 5.75 Å². The fraction of sp³-hybridized carbons (Fsp3) is 0.444. The van der Waals surface area contributed by atoms with Gasteiger partial charge >= 0.3 is 0 Å². The number of nitrogens with one attached hydrogen (secondary N) is 2. The van der Waals surface area contributed by atoms with Crippen molar-refractivity contribution < 1.29 is 19.1 Å². The van der Waals surface area contributed by atoms with Crippen molar-refractivity contribution in [3.05, 3.63) is 54.1 Å². The van der Waals surface area contributed by atoms with Crippen LogP contribution in [-0.2, 0) is 9.59 Å². The minimum absolute atomic E-state index is 0.0717. The van der Waals surface area contributed by atoms with E-state index in [9.17, 15) is 14.4 Å². The molecule has 3 rings (SSSR count). The fourth-order valence-electron chi connectivity index (χ4n) is 4.33. The van der Waals surface area contributed by atoms with E-state index in [0.717, 1.165) is 39.0 Å². The Hall–Kier alpha value is -3.39. The van der Waals surface area contributed by atoms with Gasteiger partial charge < -0.3 is 25.2 Å². The van der Waals surface area contributed by atoms with Crippen LogP contribution in [0.2, 0.25) is 0 Å². The molecule has 0 spiro atoms. The van der Waals surface area contributed by atoms with Crippen molar-refractivity contribution in [1.82, 2.24) is 9.80 Å². The Morgan fingerprint density at radius 3 is 2.26 bits per heavy atom. The second-order valence-corrected chi connectivity index (χ2v) is 8.66. The van der Waals surface area contributed by atoms with Crippen molar-refractivity contribution in [2.24, 2.45) is 5.92 Å². The maximum Gasteiger partial charge on any atom is 0.255 e. The molecule has 8 nitrogen and oxygen atoms in total. The van der Waals surface area contributed by atoms with Crippen LogP contribution in [0, 0.1) is 5.92 Å². The SMILES string of the molecule is CCN(CC)C(=O)C1CCN(CCC(=O)Nc2ccc(C(=O)Nc3ccccc3OC)cc2)CC1. The van der Waals surface area contributed by atoms with Crippen molar-refractivity contribution >= 4 is 29.1 Å². The van der Waals surface area contributed by atoms with E-state index in [4.69, 9.17) is 4.74 Å². The Balaban J connectivity index is 1.42. The molecule has 0 radical (unpaired) electrons. The first-order valence-corrected chi connectivity index (χ1v) is 12.3. The van der Waals surface area contributed by atoms with Crippen LogP contribution in [0.1, 0.15) is 43.5 Å². The van der Waals surface area contributed by atoms with Gasteiger partial charge in [-0.1, -0.05) is 12.1 Å². The molecule has 0 bridgehead atoms. The number of nitrogens with zero attached hydrogens (tertiary/aromatic N) is 2. The van der Waals surface area contributed by atoms with Crippen LogP contribution in [0.5, 0.6) is 5.75 Å². The molecular formula is C27H36N4O4. The number of hydrogen-bond acceptors (Lipinski definition) is 5. The lowest BCUT2D eigenvalue weighted by atomic mass is 9.95. The second-order valence-electron chi connectivity index (χ2n) is 8.66. The van der Waals surface area contributed by atoms with Gasteiger partial charge in [0.2, 0.25) is 11.8 Å². The van der Waals surface area contributed by atoms with Gasteiger partial charge in [0.1, 0.15) is 5.75 Å². The third kappa shape index (κ3) is 7.29. The molecule has 0 unspecified atom stereocenters. The highest BCUT2D eigenvalue weighted by atomic mass is 16.5. The minimum atomic E-state index is -0.254. The van der Waals surface area contributed by atoms with Gasteiger partial charge in [-0.2, -0.15) is 0 Å². The number of anilines is 2. The van der Waals surface area contributed by atoms with Crippen molar-refractivity contribution in [1.29, 1.82) is 0 Å². The first-order chi connectivity index (χ1) is 16.9. The van der Waals surface area contributed by atoms with E-state index in [1.54, 1.807) is 43.5 Å². The van der Waals surface area contributed by atoms with Crippen molar-refractivity contribution in [2.75, 3.05) is 50.5 Å². The maximum atomic E-state index is 12.5. The Morgan fingerprint density at radius 1 is 0.971 bits per heavy atom. The summed E-state index contributed by atoms with van der Waals surface area (Å²) in [5, 5.41) is 5.73. The number of hydrogen-bond donors (Lipinski definition) is 2. The monoisotopic (exact) mass is 480 g/mol. The molecule has 188 valence electrons. The number of ether oxygens (including phenoxy) is 1. The van der Waals surface area contributed by atoms with E-state index in [0.29, 0.717) is 35.7 Å². The largest absolute Gasteiger partial charge is 0.495 e. The van der Waals surface area contributed by atoms with Crippen LogP contribution in [-0.4, -0.2) is 67.4 Å². The van der Waals surface area contributed by atoms with Gasteiger partial charge in [0, 0.05) is 43.2 Å². The highest BCUT2D eigenvalue weighted by Gasteiger charge is 2.27. The summed E-state index contributed by atoms with van der Waals surface area (Å²) in [4.78, 5) is 41.7. The van der Waals surface area contributed by atoms with Gasteiger partial charge in [-0.3, -0.25) is 14.4 Å². The molecule has 1 heterocycles. The van der Waals surface area contributed by atoms with Gasteiger partial charge in [0.15, 0.2) is 0 Å². The van der Waals surface area contributed by atoms with Gasteiger partial charge in [-0.15, -0.1) is 0 Å². The average molecular weight is 481 g/mol. The molecule has 3 amide bonds. The third-order valence-corrected chi connectivity index (χ3v) is 6.45. The zero-order valence-electron chi connectivity index (χ0n) is 20.9. The summed E-state index contributed by atoms with van der Waals surface area (Å²) in [5.74, 6) is 0.614. The van der Waals surface area contributed by atoms with E-state index in [2.05, 4.69) is 15.5 Å². The molecule has 2 aromatic rings. The number of likely N-dealkylation sites (tertiary alicyclic amines) is 1.